The summed E-state index contributed by atoms with van der Waals surface area (Å²) in [6.07, 6.45) is 3.01. The Bertz CT molecular complexity index is 551. The molecule has 0 aliphatic heterocycles. The average molecular weight is 273 g/mol. The minimum atomic E-state index is -0.847. The van der Waals surface area contributed by atoms with Crippen LogP contribution < -0.4 is 0 Å². The van der Waals surface area contributed by atoms with Crippen molar-refractivity contribution < 1.29 is 8.78 Å². The lowest BCUT2D eigenvalue weighted by atomic mass is 10.2. The first-order valence-electron chi connectivity index (χ1n) is 6.08. The third-order valence-corrected chi connectivity index (χ3v) is 3.22. The van der Waals surface area contributed by atoms with Crippen LogP contribution in [0.5, 0.6) is 0 Å². The van der Waals surface area contributed by atoms with E-state index in [2.05, 4.69) is 11.9 Å². The molecule has 1 aromatic carbocycles. The van der Waals surface area contributed by atoms with Gasteiger partial charge in [0.05, 0.1) is 11.4 Å². The van der Waals surface area contributed by atoms with Gasteiger partial charge in [0, 0.05) is 6.54 Å². The monoisotopic (exact) mass is 272 g/mol. The van der Waals surface area contributed by atoms with Crippen molar-refractivity contribution >= 4 is 22.6 Å². The van der Waals surface area contributed by atoms with Crippen molar-refractivity contribution in [3.05, 3.63) is 29.6 Å². The summed E-state index contributed by atoms with van der Waals surface area (Å²) in [6.45, 7) is 2.71. The molecule has 1 heterocycles. The summed E-state index contributed by atoms with van der Waals surface area (Å²) in [6, 6.07) is 2.58. The number of fused-ring (bicyclic) bond motifs is 1. The predicted molar refractivity (Wildman–Crippen MR) is 68.7 cm³/mol. The van der Waals surface area contributed by atoms with E-state index in [4.69, 9.17) is 11.6 Å². The Morgan fingerprint density at radius 2 is 2.06 bits per heavy atom. The Balaban J connectivity index is 2.49. The number of benzene rings is 1. The maximum Gasteiger partial charge on any atom is 0.184 e. The van der Waals surface area contributed by atoms with Crippen molar-refractivity contribution in [1.29, 1.82) is 0 Å². The lowest BCUT2D eigenvalue weighted by molar-refractivity contribution is 0.507. The minimum Gasteiger partial charge on any atom is -0.324 e. The molecule has 0 aliphatic carbocycles. The number of halogens is 3. The van der Waals surface area contributed by atoms with E-state index in [1.807, 2.05) is 0 Å². The molecule has 0 atom stereocenters. The number of nitrogens with zero attached hydrogens (tertiary/aromatic N) is 2. The van der Waals surface area contributed by atoms with Gasteiger partial charge in [-0.25, -0.2) is 13.8 Å². The molecule has 0 saturated heterocycles. The zero-order valence-electron chi connectivity index (χ0n) is 10.2. The second-order valence-electron chi connectivity index (χ2n) is 4.25. The van der Waals surface area contributed by atoms with Gasteiger partial charge in [-0.2, -0.15) is 0 Å². The van der Waals surface area contributed by atoms with E-state index in [-0.39, 0.29) is 11.4 Å². The fourth-order valence-electron chi connectivity index (χ4n) is 2.07. The fourth-order valence-corrected chi connectivity index (χ4v) is 2.27. The van der Waals surface area contributed by atoms with Gasteiger partial charge in [0.1, 0.15) is 11.3 Å². The first-order chi connectivity index (χ1) is 8.69. The Morgan fingerprint density at radius 3 is 2.72 bits per heavy atom. The molecule has 2 rings (SSSR count). The Kier molecular flexibility index (Phi) is 4.17. The van der Waals surface area contributed by atoms with Gasteiger partial charge in [0.15, 0.2) is 11.6 Å². The molecule has 0 unspecified atom stereocenters. The second kappa shape index (κ2) is 5.65. The van der Waals surface area contributed by atoms with Gasteiger partial charge in [0.25, 0.3) is 0 Å². The van der Waals surface area contributed by atoms with Crippen molar-refractivity contribution in [2.24, 2.45) is 0 Å². The quantitative estimate of drug-likeness (QED) is 0.588. The molecular weight excluding hydrogens is 258 g/mol. The molecule has 0 saturated carbocycles. The van der Waals surface area contributed by atoms with Gasteiger partial charge < -0.3 is 4.57 Å². The van der Waals surface area contributed by atoms with Crippen molar-refractivity contribution in [3.63, 3.8) is 0 Å². The minimum absolute atomic E-state index is 0.196. The Labute approximate surface area is 110 Å². The van der Waals surface area contributed by atoms with E-state index in [0.717, 1.165) is 25.3 Å². The number of hydrogen-bond acceptors (Lipinski definition) is 1. The molecule has 2 aromatic rings. The average Bonchev–Trinajstić information content (AvgIpc) is 2.73. The second-order valence-corrected chi connectivity index (χ2v) is 4.52. The number of rotatable bonds is 5. The molecule has 0 N–H and O–H groups in total. The lowest BCUT2D eigenvalue weighted by Crippen LogP contribution is -2.04. The first-order valence-corrected chi connectivity index (χ1v) is 6.61. The van der Waals surface area contributed by atoms with E-state index in [9.17, 15) is 8.78 Å². The molecule has 2 nitrogen and oxygen atoms in total. The van der Waals surface area contributed by atoms with Gasteiger partial charge >= 0.3 is 0 Å². The third kappa shape index (κ3) is 2.34. The van der Waals surface area contributed by atoms with E-state index >= 15 is 0 Å². The molecule has 0 fully saturated rings. The maximum atomic E-state index is 13.8. The molecule has 0 radical (unpaired) electrons. The van der Waals surface area contributed by atoms with Gasteiger partial charge in [0.2, 0.25) is 0 Å². The molecule has 18 heavy (non-hydrogen) atoms. The van der Waals surface area contributed by atoms with Gasteiger partial charge in [-0.05, 0) is 18.6 Å². The normalized spacial score (nSPS) is 11.3. The van der Waals surface area contributed by atoms with Crippen LogP contribution in [0.2, 0.25) is 0 Å². The highest BCUT2D eigenvalue weighted by molar-refractivity contribution is 6.16. The van der Waals surface area contributed by atoms with Crippen molar-refractivity contribution in [3.8, 4) is 0 Å². The number of alkyl halides is 1. The van der Waals surface area contributed by atoms with Crippen LogP contribution in [0.1, 0.15) is 32.0 Å². The molecular formula is C13H15ClF2N2. The largest absolute Gasteiger partial charge is 0.324 e. The standard InChI is InChI=1S/C13H15ClF2N2/c1-2-3-4-7-18-11(8-14)17-10-6-5-9(15)12(16)13(10)18/h5-6H,2-4,7-8H2,1H3. The zero-order chi connectivity index (χ0) is 13.1. The molecule has 0 spiro atoms. The summed E-state index contributed by atoms with van der Waals surface area (Å²) >= 11 is 5.81. The third-order valence-electron chi connectivity index (χ3n) is 2.98. The maximum absolute atomic E-state index is 13.8. The number of imidazole rings is 1. The SMILES string of the molecule is CCCCCn1c(CCl)nc2ccc(F)c(F)c21. The number of aromatic nitrogens is 2. The highest BCUT2D eigenvalue weighted by Gasteiger charge is 2.16. The number of aryl methyl sites for hydroxylation is 1. The van der Waals surface area contributed by atoms with Crippen LogP contribution in [-0.2, 0) is 12.4 Å². The smallest absolute Gasteiger partial charge is 0.184 e. The van der Waals surface area contributed by atoms with Gasteiger partial charge in [-0.3, -0.25) is 0 Å². The van der Waals surface area contributed by atoms with Crippen LogP contribution in [0.25, 0.3) is 11.0 Å². The fraction of sp³-hybridized carbons (Fsp3) is 0.462. The summed E-state index contributed by atoms with van der Waals surface area (Å²) in [5, 5.41) is 0. The summed E-state index contributed by atoms with van der Waals surface area (Å²) < 4.78 is 28.8. The van der Waals surface area contributed by atoms with Crippen LogP contribution in [0.15, 0.2) is 12.1 Å². The topological polar surface area (TPSA) is 17.8 Å². The molecule has 0 amide bonds. The highest BCUT2D eigenvalue weighted by Crippen LogP contribution is 2.23. The van der Waals surface area contributed by atoms with Crippen LogP contribution in [-0.4, -0.2) is 9.55 Å². The van der Waals surface area contributed by atoms with E-state index in [1.54, 1.807) is 4.57 Å². The van der Waals surface area contributed by atoms with Crippen LogP contribution in [0.4, 0.5) is 8.78 Å². The first kappa shape index (κ1) is 13.3. The molecule has 1 aromatic heterocycles. The van der Waals surface area contributed by atoms with Crippen LogP contribution in [0.3, 0.4) is 0 Å². The lowest BCUT2D eigenvalue weighted by Gasteiger charge is -2.07. The molecule has 98 valence electrons. The highest BCUT2D eigenvalue weighted by atomic mass is 35.5. The van der Waals surface area contributed by atoms with Crippen LogP contribution in [0, 0.1) is 11.6 Å². The van der Waals surface area contributed by atoms with E-state index < -0.39 is 11.6 Å². The van der Waals surface area contributed by atoms with Crippen molar-refractivity contribution in [2.45, 2.75) is 38.6 Å². The van der Waals surface area contributed by atoms with Gasteiger partial charge in [-0.15, -0.1) is 11.6 Å². The Hall–Kier alpha value is -1.16. The summed E-state index contributed by atoms with van der Waals surface area (Å²) in [5.74, 6) is -0.901. The zero-order valence-corrected chi connectivity index (χ0v) is 11.0. The van der Waals surface area contributed by atoms with E-state index in [1.165, 1.54) is 6.07 Å². The molecule has 0 bridgehead atoms. The van der Waals surface area contributed by atoms with E-state index in [0.29, 0.717) is 17.9 Å². The van der Waals surface area contributed by atoms with Crippen molar-refractivity contribution in [1.82, 2.24) is 9.55 Å². The summed E-state index contributed by atoms with van der Waals surface area (Å²) in [4.78, 5) is 4.24. The predicted octanol–water partition coefficient (Wildman–Crippen LogP) is 4.24. The van der Waals surface area contributed by atoms with Crippen LogP contribution >= 0.6 is 11.6 Å². The van der Waals surface area contributed by atoms with Crippen molar-refractivity contribution in [2.75, 3.05) is 0 Å². The molecule has 0 aliphatic rings. The summed E-state index contributed by atoms with van der Waals surface area (Å²) in [5.41, 5.74) is 0.683. The number of hydrogen-bond donors (Lipinski definition) is 0. The number of unbranched alkanes of at least 4 members (excludes halogenated alkanes) is 2. The Morgan fingerprint density at radius 1 is 1.28 bits per heavy atom. The van der Waals surface area contributed by atoms with Gasteiger partial charge in [-0.1, -0.05) is 19.8 Å². The molecule has 5 heteroatoms. The summed E-state index contributed by atoms with van der Waals surface area (Å²) in [7, 11) is 0.